The summed E-state index contributed by atoms with van der Waals surface area (Å²) in [6.45, 7) is 2.84. The van der Waals surface area contributed by atoms with Gasteiger partial charge in [0.15, 0.2) is 0 Å². The Labute approximate surface area is 227 Å². The number of aliphatic carboxylic acids is 1. The number of aryl methyl sites for hydroxylation is 2. The van der Waals surface area contributed by atoms with Crippen LogP contribution < -0.4 is 11.0 Å². The van der Waals surface area contributed by atoms with Gasteiger partial charge in [-0.2, -0.15) is 0 Å². The third-order valence-corrected chi connectivity index (χ3v) is 7.86. The number of halogens is 1. The lowest BCUT2D eigenvalue weighted by molar-refractivity contribution is -0.137. The van der Waals surface area contributed by atoms with Crippen LogP contribution in [-0.2, 0) is 24.3 Å². The molecule has 2 heterocycles. The number of hydrogen-bond donors (Lipinski definition) is 2. The second-order valence-electron chi connectivity index (χ2n) is 9.21. The Hall–Kier alpha value is -3.88. The molecule has 5 aromatic rings. The number of nitrogens with zero attached hydrogens (tertiary/aromatic N) is 2. The van der Waals surface area contributed by atoms with Crippen LogP contribution in [0.4, 0.5) is 0 Å². The molecule has 0 fully saturated rings. The largest absolute Gasteiger partial charge is 0.481 e. The van der Waals surface area contributed by atoms with Crippen molar-refractivity contribution in [2.45, 2.75) is 32.9 Å². The lowest BCUT2D eigenvalue weighted by atomic mass is 10.1. The van der Waals surface area contributed by atoms with Crippen LogP contribution in [0, 0.1) is 6.92 Å². The normalized spacial score (nSPS) is 11.3. The highest BCUT2D eigenvalue weighted by Crippen LogP contribution is 2.30. The molecule has 0 radical (unpaired) electrons. The summed E-state index contributed by atoms with van der Waals surface area (Å²) in [5.41, 5.74) is 4.49. The fourth-order valence-corrected chi connectivity index (χ4v) is 6.02. The zero-order chi connectivity index (χ0) is 26.8. The first kappa shape index (κ1) is 25.8. The van der Waals surface area contributed by atoms with Gasteiger partial charge in [0.1, 0.15) is 0 Å². The molecular weight excluding hydrogens is 522 g/mol. The highest BCUT2D eigenvalue weighted by Gasteiger charge is 2.18. The average Bonchev–Trinajstić information content (AvgIpc) is 3.42. The van der Waals surface area contributed by atoms with Gasteiger partial charge in [0, 0.05) is 33.8 Å². The summed E-state index contributed by atoms with van der Waals surface area (Å²) in [4.78, 5) is 37.7. The number of thiophene rings is 1. The second-order valence-corrected chi connectivity index (χ2v) is 10.6. The van der Waals surface area contributed by atoms with Crippen LogP contribution in [0.2, 0.25) is 5.02 Å². The molecule has 0 bridgehead atoms. The summed E-state index contributed by atoms with van der Waals surface area (Å²) in [5.74, 6) is -1.26. The van der Waals surface area contributed by atoms with E-state index in [1.54, 1.807) is 40.2 Å². The van der Waals surface area contributed by atoms with E-state index in [4.69, 9.17) is 11.6 Å². The third kappa shape index (κ3) is 5.23. The first-order chi connectivity index (χ1) is 18.3. The van der Waals surface area contributed by atoms with E-state index >= 15 is 0 Å². The van der Waals surface area contributed by atoms with Gasteiger partial charge >= 0.3 is 11.7 Å². The Bertz CT molecular complexity index is 1730. The summed E-state index contributed by atoms with van der Waals surface area (Å²) in [6, 6.07) is 18.7. The molecule has 3 aromatic carbocycles. The van der Waals surface area contributed by atoms with Gasteiger partial charge in [-0.1, -0.05) is 35.9 Å². The maximum atomic E-state index is 13.5. The second kappa shape index (κ2) is 10.8. The smallest absolute Gasteiger partial charge is 0.329 e. The van der Waals surface area contributed by atoms with Gasteiger partial charge in [-0.05, 0) is 71.8 Å². The number of aromatic nitrogens is 2. The molecule has 194 valence electrons. The van der Waals surface area contributed by atoms with E-state index in [9.17, 15) is 19.5 Å². The number of carboxylic acids is 1. The van der Waals surface area contributed by atoms with Crippen LogP contribution in [0.25, 0.3) is 21.1 Å². The van der Waals surface area contributed by atoms with E-state index in [1.807, 2.05) is 24.3 Å². The Balaban J connectivity index is 1.46. The number of benzene rings is 3. The SMILES string of the molecule is Cc1cccc2scc(Cn3c(=O)n(CCC(=O)O)c4cc(C(=O)NCCc5cccc(Cl)c5)ccc43)c12. The number of carboxylic acid groups (broad SMARTS) is 1. The fourth-order valence-electron chi connectivity index (χ4n) is 4.78. The van der Waals surface area contributed by atoms with Crippen molar-refractivity contribution in [1.29, 1.82) is 0 Å². The topological polar surface area (TPSA) is 93.3 Å². The number of fused-ring (bicyclic) bond motifs is 2. The first-order valence-electron chi connectivity index (χ1n) is 12.2. The molecule has 1 amide bonds. The van der Waals surface area contributed by atoms with E-state index in [2.05, 4.69) is 29.8 Å². The first-order valence-corrected chi connectivity index (χ1v) is 13.5. The van der Waals surface area contributed by atoms with E-state index in [0.29, 0.717) is 41.1 Å². The van der Waals surface area contributed by atoms with Gasteiger partial charge in [0.05, 0.1) is 24.0 Å². The quantitative estimate of drug-likeness (QED) is 0.256. The van der Waals surface area contributed by atoms with Gasteiger partial charge in [-0.3, -0.25) is 18.7 Å². The van der Waals surface area contributed by atoms with Crippen LogP contribution >= 0.6 is 22.9 Å². The minimum absolute atomic E-state index is 0.0148. The van der Waals surface area contributed by atoms with Gasteiger partial charge in [0.2, 0.25) is 0 Å². The summed E-state index contributed by atoms with van der Waals surface area (Å²) < 4.78 is 4.26. The molecule has 5 rings (SSSR count). The minimum Gasteiger partial charge on any atom is -0.481 e. The van der Waals surface area contributed by atoms with E-state index in [-0.39, 0.29) is 24.6 Å². The lowest BCUT2D eigenvalue weighted by Crippen LogP contribution is -2.26. The molecule has 7 nitrogen and oxygen atoms in total. The van der Waals surface area contributed by atoms with E-state index < -0.39 is 5.97 Å². The molecule has 0 aliphatic heterocycles. The zero-order valence-electron chi connectivity index (χ0n) is 20.7. The van der Waals surface area contributed by atoms with E-state index in [0.717, 1.165) is 26.8 Å². The van der Waals surface area contributed by atoms with Crippen LogP contribution in [0.5, 0.6) is 0 Å². The van der Waals surface area contributed by atoms with Gasteiger partial charge in [-0.25, -0.2) is 4.79 Å². The van der Waals surface area contributed by atoms with Crippen LogP contribution in [0.15, 0.2) is 70.8 Å². The van der Waals surface area contributed by atoms with Gasteiger partial charge in [-0.15, -0.1) is 11.3 Å². The summed E-state index contributed by atoms with van der Waals surface area (Å²) >= 11 is 7.67. The summed E-state index contributed by atoms with van der Waals surface area (Å²) in [6.07, 6.45) is 0.428. The maximum Gasteiger partial charge on any atom is 0.329 e. The molecule has 2 aromatic heterocycles. The number of hydrogen-bond acceptors (Lipinski definition) is 4. The Kier molecular flexibility index (Phi) is 7.35. The minimum atomic E-state index is -0.993. The lowest BCUT2D eigenvalue weighted by Gasteiger charge is -2.08. The van der Waals surface area contributed by atoms with Crippen molar-refractivity contribution in [3.63, 3.8) is 0 Å². The van der Waals surface area contributed by atoms with Crippen molar-refractivity contribution >= 4 is 55.9 Å². The summed E-state index contributed by atoms with van der Waals surface area (Å²) in [5, 5.41) is 16.0. The van der Waals surface area contributed by atoms with Crippen LogP contribution in [-0.4, -0.2) is 32.7 Å². The van der Waals surface area contributed by atoms with Crippen molar-refractivity contribution in [1.82, 2.24) is 14.5 Å². The third-order valence-electron chi connectivity index (χ3n) is 6.63. The molecule has 2 N–H and O–H groups in total. The Morgan fingerprint density at radius 2 is 1.84 bits per heavy atom. The highest BCUT2D eigenvalue weighted by atomic mass is 35.5. The molecule has 38 heavy (non-hydrogen) atoms. The monoisotopic (exact) mass is 547 g/mol. The van der Waals surface area contributed by atoms with Crippen molar-refractivity contribution < 1.29 is 14.7 Å². The number of rotatable bonds is 9. The Morgan fingerprint density at radius 1 is 1.03 bits per heavy atom. The molecule has 0 aliphatic carbocycles. The zero-order valence-corrected chi connectivity index (χ0v) is 22.3. The molecular formula is C29H26ClN3O4S. The number of carbonyl (C=O) groups is 2. The molecule has 9 heteroatoms. The van der Waals surface area contributed by atoms with Crippen LogP contribution in [0.3, 0.4) is 0 Å². The molecule has 0 unspecified atom stereocenters. The molecule has 0 saturated heterocycles. The van der Waals surface area contributed by atoms with Crippen molar-refractivity contribution in [3.05, 3.63) is 104 Å². The van der Waals surface area contributed by atoms with Crippen LogP contribution in [0.1, 0.15) is 33.5 Å². The summed E-state index contributed by atoms with van der Waals surface area (Å²) in [7, 11) is 0. The Morgan fingerprint density at radius 3 is 2.63 bits per heavy atom. The van der Waals surface area contributed by atoms with E-state index in [1.165, 1.54) is 4.57 Å². The molecule has 0 spiro atoms. The molecule has 0 aliphatic rings. The number of imidazole rings is 1. The predicted molar refractivity (Wildman–Crippen MR) is 152 cm³/mol. The van der Waals surface area contributed by atoms with Crippen molar-refractivity contribution in [3.8, 4) is 0 Å². The fraction of sp³-hybridized carbons (Fsp3) is 0.207. The van der Waals surface area contributed by atoms with Crippen molar-refractivity contribution in [2.75, 3.05) is 6.54 Å². The van der Waals surface area contributed by atoms with Gasteiger partial charge in [0.25, 0.3) is 5.91 Å². The highest BCUT2D eigenvalue weighted by molar-refractivity contribution is 7.17. The van der Waals surface area contributed by atoms with Crippen molar-refractivity contribution in [2.24, 2.45) is 0 Å². The number of carbonyl (C=O) groups excluding carboxylic acids is 1. The molecule has 0 atom stereocenters. The predicted octanol–water partition coefficient (Wildman–Crippen LogP) is 5.48. The number of amides is 1. The standard InChI is InChI=1S/C29H26ClN3O4S/c1-18-4-2-7-25-27(18)21(17-38-25)16-33-23-9-8-20(15-24(23)32(29(33)37)13-11-26(34)35)28(36)31-12-10-19-5-3-6-22(30)14-19/h2-9,14-15,17H,10-13,16H2,1H3,(H,31,36)(H,34,35). The number of nitrogens with one attached hydrogen (secondary N) is 1. The maximum absolute atomic E-state index is 13.5. The molecule has 0 saturated carbocycles. The average molecular weight is 548 g/mol. The van der Waals surface area contributed by atoms with Gasteiger partial charge < -0.3 is 10.4 Å².